The smallest absolute Gasteiger partial charge is 0.200 e. The number of rotatable bonds is 6. The number of methoxy groups -OCH3 is 4. The average molecular weight is 332 g/mol. The summed E-state index contributed by atoms with van der Waals surface area (Å²) in [4.78, 5) is 0. The summed E-state index contributed by atoms with van der Waals surface area (Å²) in [6.07, 6.45) is 3.63. The van der Waals surface area contributed by atoms with Crippen LogP contribution >= 0.6 is 0 Å². The predicted octanol–water partition coefficient (Wildman–Crippen LogP) is 3.30. The van der Waals surface area contributed by atoms with Crippen molar-refractivity contribution >= 4 is 12.2 Å². The minimum Gasteiger partial charge on any atom is -0.502 e. The molecule has 0 radical (unpaired) electrons. The fourth-order valence-corrected chi connectivity index (χ4v) is 2.21. The highest BCUT2D eigenvalue weighted by molar-refractivity contribution is 5.74. The third kappa shape index (κ3) is 3.48. The highest BCUT2D eigenvalue weighted by atomic mass is 16.5. The van der Waals surface area contributed by atoms with Gasteiger partial charge in [0.2, 0.25) is 11.5 Å². The first-order valence-electron chi connectivity index (χ1n) is 7.12. The fraction of sp³-hybridized carbons (Fsp3) is 0.222. The molecule has 0 aliphatic heterocycles. The average Bonchev–Trinajstić information content (AvgIpc) is 2.61. The minimum absolute atomic E-state index is 0.0508. The molecule has 0 fully saturated rings. The van der Waals surface area contributed by atoms with Gasteiger partial charge in [0.15, 0.2) is 23.0 Å². The highest BCUT2D eigenvalue weighted by Gasteiger charge is 2.11. The van der Waals surface area contributed by atoms with Gasteiger partial charge >= 0.3 is 0 Å². The van der Waals surface area contributed by atoms with Gasteiger partial charge < -0.3 is 29.2 Å². The Balaban J connectivity index is 2.41. The van der Waals surface area contributed by atoms with Crippen LogP contribution < -0.4 is 18.9 Å². The zero-order valence-electron chi connectivity index (χ0n) is 14.0. The van der Waals surface area contributed by atoms with Gasteiger partial charge in [-0.25, -0.2) is 0 Å². The van der Waals surface area contributed by atoms with Crippen LogP contribution in [0.1, 0.15) is 11.1 Å². The summed E-state index contributed by atoms with van der Waals surface area (Å²) in [5, 5.41) is 19.9. The topological polar surface area (TPSA) is 77.4 Å². The molecule has 0 bridgehead atoms. The van der Waals surface area contributed by atoms with Gasteiger partial charge in [0.25, 0.3) is 0 Å². The molecule has 0 amide bonds. The molecule has 0 unspecified atom stereocenters. The van der Waals surface area contributed by atoms with E-state index in [1.54, 1.807) is 24.3 Å². The van der Waals surface area contributed by atoms with Gasteiger partial charge in [-0.3, -0.25) is 0 Å². The Kier molecular flexibility index (Phi) is 5.42. The van der Waals surface area contributed by atoms with Crippen molar-refractivity contribution in [3.8, 4) is 34.5 Å². The van der Waals surface area contributed by atoms with Gasteiger partial charge in [0.1, 0.15) is 0 Å². The molecule has 128 valence electrons. The second-order valence-electron chi connectivity index (χ2n) is 4.88. The summed E-state index contributed by atoms with van der Waals surface area (Å²) in [6, 6.07) is 6.74. The summed E-state index contributed by atoms with van der Waals surface area (Å²) in [5.74, 6) is 1.16. The zero-order valence-corrected chi connectivity index (χ0v) is 14.0. The van der Waals surface area contributed by atoms with Crippen molar-refractivity contribution in [2.45, 2.75) is 0 Å². The van der Waals surface area contributed by atoms with Crippen molar-refractivity contribution in [1.29, 1.82) is 0 Å². The van der Waals surface area contributed by atoms with Crippen molar-refractivity contribution in [3.63, 3.8) is 0 Å². The molecule has 0 saturated carbocycles. The van der Waals surface area contributed by atoms with Gasteiger partial charge in [0, 0.05) is 0 Å². The fourth-order valence-electron chi connectivity index (χ4n) is 2.21. The maximum Gasteiger partial charge on any atom is 0.200 e. The summed E-state index contributed by atoms with van der Waals surface area (Å²) in [7, 11) is 5.88. The Morgan fingerprint density at radius 1 is 0.583 bits per heavy atom. The highest BCUT2D eigenvalue weighted by Crippen LogP contribution is 2.39. The summed E-state index contributed by atoms with van der Waals surface area (Å²) >= 11 is 0. The van der Waals surface area contributed by atoms with Crippen molar-refractivity contribution in [2.24, 2.45) is 0 Å². The zero-order chi connectivity index (χ0) is 17.7. The predicted molar refractivity (Wildman–Crippen MR) is 91.3 cm³/mol. The second-order valence-corrected chi connectivity index (χ2v) is 4.88. The van der Waals surface area contributed by atoms with E-state index in [0.29, 0.717) is 23.0 Å². The summed E-state index contributed by atoms with van der Waals surface area (Å²) in [6.45, 7) is 0. The van der Waals surface area contributed by atoms with Crippen LogP contribution in [0.3, 0.4) is 0 Å². The first-order valence-corrected chi connectivity index (χ1v) is 7.12. The van der Waals surface area contributed by atoms with E-state index in [4.69, 9.17) is 18.9 Å². The van der Waals surface area contributed by atoms with Crippen molar-refractivity contribution in [1.82, 2.24) is 0 Å². The number of hydrogen-bond acceptors (Lipinski definition) is 6. The van der Waals surface area contributed by atoms with Gasteiger partial charge in [-0.15, -0.1) is 0 Å². The molecule has 0 spiro atoms. The Hall–Kier alpha value is -3.02. The van der Waals surface area contributed by atoms with E-state index in [-0.39, 0.29) is 11.5 Å². The normalized spacial score (nSPS) is 10.7. The van der Waals surface area contributed by atoms with Gasteiger partial charge in [-0.2, -0.15) is 0 Å². The molecule has 24 heavy (non-hydrogen) atoms. The molecule has 2 aromatic rings. The third-order valence-corrected chi connectivity index (χ3v) is 3.47. The quantitative estimate of drug-likeness (QED) is 0.790. The number of hydrogen-bond donors (Lipinski definition) is 2. The molecule has 2 aromatic carbocycles. The van der Waals surface area contributed by atoms with Crippen LogP contribution in [-0.4, -0.2) is 38.7 Å². The van der Waals surface area contributed by atoms with Crippen LogP contribution in [0.2, 0.25) is 0 Å². The van der Waals surface area contributed by atoms with Crippen LogP contribution in [-0.2, 0) is 0 Å². The van der Waals surface area contributed by atoms with E-state index in [0.717, 1.165) is 11.1 Å². The molecular formula is C18H20O6. The molecule has 0 saturated heterocycles. The van der Waals surface area contributed by atoms with E-state index in [2.05, 4.69) is 0 Å². The van der Waals surface area contributed by atoms with Crippen LogP contribution in [0.4, 0.5) is 0 Å². The van der Waals surface area contributed by atoms with Crippen molar-refractivity contribution < 1.29 is 29.2 Å². The van der Waals surface area contributed by atoms with E-state index in [9.17, 15) is 10.2 Å². The Morgan fingerprint density at radius 2 is 0.833 bits per heavy atom. The molecule has 6 heteroatoms. The van der Waals surface area contributed by atoms with Gasteiger partial charge in [-0.05, 0) is 35.4 Å². The van der Waals surface area contributed by atoms with Gasteiger partial charge in [-0.1, -0.05) is 12.2 Å². The standard InChI is InChI=1S/C18H20O6/c1-21-13-7-11(8-14(22-2)17(13)19)5-6-12-9-15(23-3)18(20)16(10-12)24-4/h5-10,19-20H,1-4H3/b6-5+. The molecule has 0 aliphatic rings. The number of benzene rings is 2. The lowest BCUT2D eigenvalue weighted by Crippen LogP contribution is -1.91. The van der Waals surface area contributed by atoms with Gasteiger partial charge in [0.05, 0.1) is 28.4 Å². The lowest BCUT2D eigenvalue weighted by molar-refractivity contribution is 0.339. The molecule has 2 N–H and O–H groups in total. The molecule has 0 aliphatic carbocycles. The van der Waals surface area contributed by atoms with E-state index < -0.39 is 0 Å². The summed E-state index contributed by atoms with van der Waals surface area (Å²) in [5.41, 5.74) is 1.54. The van der Waals surface area contributed by atoms with E-state index in [1.807, 2.05) is 12.2 Å². The van der Waals surface area contributed by atoms with Crippen LogP contribution in [0, 0.1) is 0 Å². The Labute approximate surface area is 140 Å². The monoisotopic (exact) mass is 332 g/mol. The second kappa shape index (κ2) is 7.50. The van der Waals surface area contributed by atoms with E-state index in [1.165, 1.54) is 28.4 Å². The SMILES string of the molecule is COc1cc(/C=C/c2cc(OC)c(O)c(OC)c2)cc(OC)c1O. The molecular weight excluding hydrogens is 312 g/mol. The molecule has 0 atom stereocenters. The Morgan fingerprint density at radius 3 is 1.04 bits per heavy atom. The molecule has 0 aromatic heterocycles. The Bertz CT molecular complexity index is 638. The van der Waals surface area contributed by atoms with Crippen LogP contribution in [0.25, 0.3) is 12.2 Å². The summed E-state index contributed by atoms with van der Waals surface area (Å²) < 4.78 is 20.5. The molecule has 6 nitrogen and oxygen atoms in total. The first-order chi connectivity index (χ1) is 11.5. The number of phenols is 2. The number of aromatic hydroxyl groups is 2. The maximum atomic E-state index is 9.93. The van der Waals surface area contributed by atoms with Crippen molar-refractivity contribution in [3.05, 3.63) is 35.4 Å². The third-order valence-electron chi connectivity index (χ3n) is 3.47. The lowest BCUT2D eigenvalue weighted by Gasteiger charge is -2.10. The first kappa shape index (κ1) is 17.3. The largest absolute Gasteiger partial charge is 0.502 e. The van der Waals surface area contributed by atoms with Crippen LogP contribution in [0.5, 0.6) is 34.5 Å². The minimum atomic E-state index is -0.0508. The van der Waals surface area contributed by atoms with E-state index >= 15 is 0 Å². The maximum absolute atomic E-state index is 9.93. The van der Waals surface area contributed by atoms with Crippen LogP contribution in [0.15, 0.2) is 24.3 Å². The molecule has 0 heterocycles. The number of phenolic OH excluding ortho intramolecular Hbond substituents is 2. The molecule has 2 rings (SSSR count). The van der Waals surface area contributed by atoms with Crippen molar-refractivity contribution in [2.75, 3.05) is 28.4 Å². The number of ether oxygens (including phenoxy) is 4. The lowest BCUT2D eigenvalue weighted by atomic mass is 10.1.